The molecule has 0 bridgehead atoms. The average molecular weight is 314 g/mol. The van der Waals surface area contributed by atoms with E-state index in [9.17, 15) is 12.8 Å². The van der Waals surface area contributed by atoms with Crippen LogP contribution in [0.4, 0.5) is 4.39 Å². The highest BCUT2D eigenvalue weighted by Gasteiger charge is 2.28. The summed E-state index contributed by atoms with van der Waals surface area (Å²) < 4.78 is 40.3. The molecule has 1 N–H and O–H groups in total. The summed E-state index contributed by atoms with van der Waals surface area (Å²) in [4.78, 5) is -0.232. The minimum absolute atomic E-state index is 0.232. The van der Waals surface area contributed by atoms with Crippen molar-refractivity contribution in [2.45, 2.75) is 37.6 Å². The van der Waals surface area contributed by atoms with Crippen molar-refractivity contribution in [3.05, 3.63) is 29.6 Å². The molecule has 1 aliphatic carbocycles. The Balaban J connectivity index is 2.14. The molecule has 0 heterocycles. The summed E-state index contributed by atoms with van der Waals surface area (Å²) in [6.45, 7) is 3.75. The number of sulfonamides is 1. The number of nitrogens with one attached hydrogen (secondary N) is 1. The summed E-state index contributed by atoms with van der Waals surface area (Å²) >= 11 is 0. The van der Waals surface area contributed by atoms with Gasteiger partial charge in [-0.2, -0.15) is 0 Å². The van der Waals surface area contributed by atoms with E-state index in [2.05, 4.69) is 5.32 Å². The van der Waals surface area contributed by atoms with Crippen LogP contribution in [0.2, 0.25) is 0 Å². The molecular formula is C15H23FN2O2S. The highest BCUT2D eigenvalue weighted by molar-refractivity contribution is 7.89. The van der Waals surface area contributed by atoms with Gasteiger partial charge in [0.15, 0.2) is 0 Å². The second-order valence-corrected chi connectivity index (χ2v) is 7.64. The average Bonchev–Trinajstić information content (AvgIpc) is 2.39. The van der Waals surface area contributed by atoms with Crippen LogP contribution < -0.4 is 5.32 Å². The van der Waals surface area contributed by atoms with Gasteiger partial charge in [-0.1, -0.05) is 19.4 Å². The smallest absolute Gasteiger partial charge is 0.245 e. The van der Waals surface area contributed by atoms with E-state index < -0.39 is 15.8 Å². The molecule has 0 unspecified atom stereocenters. The standard InChI is InChI=1S/C15H23FN2O2S/c1-3-17-10-13-7-8-15(14(16)9-13)21(19,20)18(2)11-12-5-4-6-12/h7-9,12,17H,3-6,10-11H2,1-2H3. The Morgan fingerprint density at radius 3 is 2.62 bits per heavy atom. The second kappa shape index (κ2) is 6.85. The van der Waals surface area contributed by atoms with Crippen LogP contribution in [0, 0.1) is 11.7 Å². The molecule has 1 aromatic carbocycles. The molecule has 0 atom stereocenters. The predicted molar refractivity (Wildman–Crippen MR) is 80.9 cm³/mol. The first-order valence-corrected chi connectivity index (χ1v) is 8.84. The Kier molecular flexibility index (Phi) is 5.35. The molecule has 6 heteroatoms. The number of hydrogen-bond donors (Lipinski definition) is 1. The van der Waals surface area contributed by atoms with E-state index in [1.165, 1.54) is 23.5 Å². The topological polar surface area (TPSA) is 49.4 Å². The number of hydrogen-bond acceptors (Lipinski definition) is 3. The third-order valence-electron chi connectivity index (χ3n) is 4.00. The maximum absolute atomic E-state index is 14.1. The van der Waals surface area contributed by atoms with Gasteiger partial charge in [0, 0.05) is 20.1 Å². The number of rotatable bonds is 7. The maximum atomic E-state index is 14.1. The van der Waals surface area contributed by atoms with Crippen molar-refractivity contribution in [1.82, 2.24) is 9.62 Å². The quantitative estimate of drug-likeness (QED) is 0.840. The van der Waals surface area contributed by atoms with Crippen molar-refractivity contribution < 1.29 is 12.8 Å². The van der Waals surface area contributed by atoms with Gasteiger partial charge in [-0.25, -0.2) is 17.1 Å². The first-order chi connectivity index (χ1) is 9.95. The molecule has 1 saturated carbocycles. The molecule has 118 valence electrons. The van der Waals surface area contributed by atoms with Gasteiger partial charge >= 0.3 is 0 Å². The van der Waals surface area contributed by atoms with E-state index in [4.69, 9.17) is 0 Å². The monoisotopic (exact) mass is 314 g/mol. The molecule has 0 spiro atoms. The summed E-state index contributed by atoms with van der Waals surface area (Å²) in [6.07, 6.45) is 3.28. The van der Waals surface area contributed by atoms with Crippen molar-refractivity contribution in [2.24, 2.45) is 5.92 Å². The second-order valence-electron chi connectivity index (χ2n) is 5.63. The molecule has 0 radical (unpaired) electrons. The predicted octanol–water partition coefficient (Wildman–Crippen LogP) is 2.36. The van der Waals surface area contributed by atoms with E-state index >= 15 is 0 Å². The van der Waals surface area contributed by atoms with Crippen molar-refractivity contribution in [1.29, 1.82) is 0 Å². The summed E-state index contributed by atoms with van der Waals surface area (Å²) in [5, 5.41) is 3.09. The van der Waals surface area contributed by atoms with Crippen LogP contribution in [0.1, 0.15) is 31.7 Å². The van der Waals surface area contributed by atoms with Crippen LogP contribution >= 0.6 is 0 Å². The van der Waals surface area contributed by atoms with E-state index in [1.807, 2.05) is 6.92 Å². The lowest BCUT2D eigenvalue weighted by Gasteiger charge is -2.29. The zero-order chi connectivity index (χ0) is 15.5. The van der Waals surface area contributed by atoms with Gasteiger partial charge in [0.1, 0.15) is 10.7 Å². The van der Waals surface area contributed by atoms with Gasteiger partial charge in [-0.3, -0.25) is 0 Å². The first-order valence-electron chi connectivity index (χ1n) is 7.40. The SMILES string of the molecule is CCNCc1ccc(S(=O)(=O)N(C)CC2CCC2)c(F)c1. The molecule has 0 aromatic heterocycles. The molecule has 0 saturated heterocycles. The molecule has 0 aliphatic heterocycles. The Bertz CT molecular complexity index is 585. The normalized spacial score (nSPS) is 16.2. The fraction of sp³-hybridized carbons (Fsp3) is 0.600. The Morgan fingerprint density at radius 2 is 2.10 bits per heavy atom. The summed E-state index contributed by atoms with van der Waals surface area (Å²) in [7, 11) is -2.21. The minimum Gasteiger partial charge on any atom is -0.313 e. The highest BCUT2D eigenvalue weighted by atomic mass is 32.2. The van der Waals surface area contributed by atoms with Crippen LogP contribution in [0.3, 0.4) is 0 Å². The van der Waals surface area contributed by atoms with Crippen LogP contribution in [0.25, 0.3) is 0 Å². The van der Waals surface area contributed by atoms with E-state index in [0.29, 0.717) is 19.0 Å². The fourth-order valence-corrected chi connectivity index (χ4v) is 3.73. The van der Waals surface area contributed by atoms with Crippen LogP contribution in [-0.4, -0.2) is 32.9 Å². The van der Waals surface area contributed by atoms with Crippen LogP contribution in [-0.2, 0) is 16.6 Å². The summed E-state index contributed by atoms with van der Waals surface area (Å²) in [5.74, 6) is -0.258. The molecule has 21 heavy (non-hydrogen) atoms. The molecule has 0 amide bonds. The van der Waals surface area contributed by atoms with Crippen LogP contribution in [0.5, 0.6) is 0 Å². The Morgan fingerprint density at radius 1 is 1.38 bits per heavy atom. The Hall–Kier alpha value is -0.980. The largest absolute Gasteiger partial charge is 0.313 e. The zero-order valence-corrected chi connectivity index (χ0v) is 13.4. The lowest BCUT2D eigenvalue weighted by Crippen LogP contribution is -2.34. The van der Waals surface area contributed by atoms with Gasteiger partial charge < -0.3 is 5.32 Å². The van der Waals surface area contributed by atoms with Crippen molar-refractivity contribution >= 4 is 10.0 Å². The van der Waals surface area contributed by atoms with Gasteiger partial charge in [-0.05, 0) is 43.0 Å². The summed E-state index contributed by atoms with van der Waals surface area (Å²) in [6, 6.07) is 4.33. The number of benzene rings is 1. The van der Waals surface area contributed by atoms with Gasteiger partial charge in [0.25, 0.3) is 0 Å². The van der Waals surface area contributed by atoms with Crippen molar-refractivity contribution in [3.63, 3.8) is 0 Å². The minimum atomic E-state index is -3.74. The number of nitrogens with zero attached hydrogens (tertiary/aromatic N) is 1. The van der Waals surface area contributed by atoms with E-state index in [1.54, 1.807) is 6.07 Å². The molecule has 2 rings (SSSR count). The first kappa shape index (κ1) is 16.4. The maximum Gasteiger partial charge on any atom is 0.245 e. The van der Waals surface area contributed by atoms with Gasteiger partial charge in [0.2, 0.25) is 10.0 Å². The van der Waals surface area contributed by atoms with Gasteiger partial charge in [0.05, 0.1) is 0 Å². The van der Waals surface area contributed by atoms with Crippen LogP contribution in [0.15, 0.2) is 23.1 Å². The molecular weight excluding hydrogens is 291 g/mol. The lowest BCUT2D eigenvalue weighted by molar-refractivity contribution is 0.262. The zero-order valence-electron chi connectivity index (χ0n) is 12.6. The molecule has 1 fully saturated rings. The third kappa shape index (κ3) is 3.81. The Labute approximate surface area is 126 Å². The van der Waals surface area contributed by atoms with Crippen molar-refractivity contribution in [3.8, 4) is 0 Å². The summed E-state index contributed by atoms with van der Waals surface area (Å²) in [5.41, 5.74) is 0.745. The lowest BCUT2D eigenvalue weighted by atomic mass is 9.86. The fourth-order valence-electron chi connectivity index (χ4n) is 2.44. The number of halogens is 1. The van der Waals surface area contributed by atoms with Gasteiger partial charge in [-0.15, -0.1) is 0 Å². The third-order valence-corrected chi connectivity index (χ3v) is 5.86. The van der Waals surface area contributed by atoms with E-state index in [0.717, 1.165) is 31.4 Å². The molecule has 1 aromatic rings. The van der Waals surface area contributed by atoms with Crippen molar-refractivity contribution in [2.75, 3.05) is 20.1 Å². The molecule has 1 aliphatic rings. The van der Waals surface area contributed by atoms with E-state index in [-0.39, 0.29) is 4.90 Å². The molecule has 4 nitrogen and oxygen atoms in total. The highest BCUT2D eigenvalue weighted by Crippen LogP contribution is 2.29.